The summed E-state index contributed by atoms with van der Waals surface area (Å²) in [6.45, 7) is 4.44. The molecule has 1 aromatic heterocycles. The Balaban J connectivity index is 1.46. The molecular formula is C28H28N2OS. The van der Waals surface area contributed by atoms with E-state index in [0.717, 1.165) is 28.8 Å². The Kier molecular flexibility index (Phi) is 7.13. The number of carbonyl (C=O) groups excluding carboxylic acids is 1. The molecule has 32 heavy (non-hydrogen) atoms. The topological polar surface area (TPSA) is 42.0 Å². The second-order valence-corrected chi connectivity index (χ2v) is 8.95. The average molecular weight is 441 g/mol. The third kappa shape index (κ3) is 5.32. The van der Waals surface area contributed by atoms with Crippen LogP contribution in [0, 0.1) is 0 Å². The first kappa shape index (κ1) is 22.0. The van der Waals surface area contributed by atoms with Gasteiger partial charge in [-0.2, -0.15) is 0 Å². The largest absolute Gasteiger partial charge is 0.302 e. The molecule has 4 aromatic rings. The van der Waals surface area contributed by atoms with Crippen molar-refractivity contribution in [3.63, 3.8) is 0 Å². The van der Waals surface area contributed by atoms with Crippen LogP contribution in [0.4, 0.5) is 5.13 Å². The van der Waals surface area contributed by atoms with Crippen molar-refractivity contribution in [3.8, 4) is 11.3 Å². The van der Waals surface area contributed by atoms with E-state index in [1.807, 2.05) is 41.8 Å². The van der Waals surface area contributed by atoms with Crippen LogP contribution < -0.4 is 5.32 Å². The van der Waals surface area contributed by atoms with E-state index in [-0.39, 0.29) is 11.8 Å². The number of amides is 1. The number of hydrogen-bond acceptors (Lipinski definition) is 3. The Morgan fingerprint density at radius 1 is 0.875 bits per heavy atom. The molecule has 0 saturated carbocycles. The summed E-state index contributed by atoms with van der Waals surface area (Å²) < 4.78 is 0. The predicted molar refractivity (Wildman–Crippen MR) is 134 cm³/mol. The minimum absolute atomic E-state index is 0.00457. The molecule has 0 aliphatic rings. The van der Waals surface area contributed by atoms with Gasteiger partial charge in [-0.1, -0.05) is 98.8 Å². The number of nitrogens with zero attached hydrogens (tertiary/aromatic N) is 1. The molecule has 0 bridgehead atoms. The summed E-state index contributed by atoms with van der Waals surface area (Å²) >= 11 is 1.46. The molecule has 1 unspecified atom stereocenters. The Morgan fingerprint density at radius 3 is 2.03 bits per heavy atom. The summed E-state index contributed by atoms with van der Waals surface area (Å²) in [5, 5.41) is 5.64. The van der Waals surface area contributed by atoms with Crippen molar-refractivity contribution in [1.82, 2.24) is 4.98 Å². The van der Waals surface area contributed by atoms with E-state index in [2.05, 4.69) is 72.7 Å². The van der Waals surface area contributed by atoms with Gasteiger partial charge in [-0.3, -0.25) is 4.79 Å². The molecule has 1 amide bonds. The van der Waals surface area contributed by atoms with Gasteiger partial charge in [-0.25, -0.2) is 4.98 Å². The van der Waals surface area contributed by atoms with Gasteiger partial charge in [0.05, 0.1) is 5.69 Å². The SMILES string of the molecule is CCC(C)c1ccc(-c2csc(NC(=O)CC(c3ccccc3)c3ccccc3)n2)cc1. The molecular weight excluding hydrogens is 412 g/mol. The summed E-state index contributed by atoms with van der Waals surface area (Å²) in [7, 11) is 0. The maximum atomic E-state index is 12.9. The minimum atomic E-state index is -0.0317. The van der Waals surface area contributed by atoms with Gasteiger partial charge in [-0.15, -0.1) is 11.3 Å². The molecule has 0 fully saturated rings. The van der Waals surface area contributed by atoms with Crippen LogP contribution in [0.2, 0.25) is 0 Å². The van der Waals surface area contributed by atoms with Crippen molar-refractivity contribution in [2.45, 2.75) is 38.5 Å². The van der Waals surface area contributed by atoms with Gasteiger partial charge in [0.2, 0.25) is 5.91 Å². The Morgan fingerprint density at radius 2 is 1.47 bits per heavy atom. The summed E-state index contributed by atoms with van der Waals surface area (Å²) in [6, 6.07) is 29.0. The van der Waals surface area contributed by atoms with Gasteiger partial charge >= 0.3 is 0 Å². The van der Waals surface area contributed by atoms with Crippen LogP contribution in [0.15, 0.2) is 90.3 Å². The number of nitrogens with one attached hydrogen (secondary N) is 1. The van der Waals surface area contributed by atoms with Crippen molar-refractivity contribution in [1.29, 1.82) is 0 Å². The van der Waals surface area contributed by atoms with Gasteiger partial charge in [0, 0.05) is 23.3 Å². The molecule has 162 valence electrons. The molecule has 0 radical (unpaired) electrons. The smallest absolute Gasteiger partial charge is 0.227 e. The number of thiazole rings is 1. The Labute approximate surface area is 194 Å². The summed E-state index contributed by atoms with van der Waals surface area (Å²) in [6.07, 6.45) is 1.49. The number of aromatic nitrogens is 1. The third-order valence-corrected chi connectivity index (χ3v) is 6.69. The highest BCUT2D eigenvalue weighted by Crippen LogP contribution is 2.30. The van der Waals surface area contributed by atoms with Crippen LogP contribution in [0.3, 0.4) is 0 Å². The summed E-state index contributed by atoms with van der Waals surface area (Å²) in [4.78, 5) is 17.6. The van der Waals surface area contributed by atoms with E-state index in [1.54, 1.807) is 0 Å². The van der Waals surface area contributed by atoms with Crippen LogP contribution in [-0.4, -0.2) is 10.9 Å². The van der Waals surface area contributed by atoms with Crippen molar-refractivity contribution in [2.24, 2.45) is 0 Å². The summed E-state index contributed by atoms with van der Waals surface area (Å²) in [5.74, 6) is 0.525. The van der Waals surface area contributed by atoms with E-state index in [9.17, 15) is 4.79 Å². The second kappa shape index (κ2) is 10.4. The van der Waals surface area contributed by atoms with Gasteiger partial charge in [0.1, 0.15) is 0 Å². The van der Waals surface area contributed by atoms with E-state index < -0.39 is 0 Å². The number of carbonyl (C=O) groups is 1. The molecule has 3 aromatic carbocycles. The number of anilines is 1. The predicted octanol–water partition coefficient (Wildman–Crippen LogP) is 7.48. The molecule has 0 spiro atoms. The molecule has 1 atom stereocenters. The normalized spacial score (nSPS) is 12.0. The lowest BCUT2D eigenvalue weighted by molar-refractivity contribution is -0.116. The minimum Gasteiger partial charge on any atom is -0.302 e. The molecule has 1 heterocycles. The maximum Gasteiger partial charge on any atom is 0.227 e. The van der Waals surface area contributed by atoms with E-state index in [1.165, 1.54) is 16.9 Å². The third-order valence-electron chi connectivity index (χ3n) is 5.93. The first-order valence-corrected chi connectivity index (χ1v) is 12.0. The van der Waals surface area contributed by atoms with Crippen molar-refractivity contribution in [2.75, 3.05) is 5.32 Å². The first-order valence-electron chi connectivity index (χ1n) is 11.1. The van der Waals surface area contributed by atoms with Gasteiger partial charge in [0.15, 0.2) is 5.13 Å². The molecule has 0 aliphatic carbocycles. The average Bonchev–Trinajstić information content (AvgIpc) is 3.31. The first-order chi connectivity index (χ1) is 15.6. The molecule has 4 heteroatoms. The highest BCUT2D eigenvalue weighted by molar-refractivity contribution is 7.14. The maximum absolute atomic E-state index is 12.9. The van der Waals surface area contributed by atoms with Crippen LogP contribution in [0.5, 0.6) is 0 Å². The lowest BCUT2D eigenvalue weighted by Gasteiger charge is -2.17. The zero-order valence-corrected chi connectivity index (χ0v) is 19.3. The number of rotatable bonds is 8. The fourth-order valence-electron chi connectivity index (χ4n) is 3.84. The molecule has 4 rings (SSSR count). The van der Waals surface area contributed by atoms with Crippen molar-refractivity contribution in [3.05, 3.63) is 107 Å². The monoisotopic (exact) mass is 440 g/mol. The molecule has 3 nitrogen and oxygen atoms in total. The van der Waals surface area contributed by atoms with E-state index in [4.69, 9.17) is 0 Å². The zero-order chi connectivity index (χ0) is 22.3. The number of benzene rings is 3. The lowest BCUT2D eigenvalue weighted by Crippen LogP contribution is -2.16. The van der Waals surface area contributed by atoms with Crippen LogP contribution in [0.1, 0.15) is 55.2 Å². The van der Waals surface area contributed by atoms with Gasteiger partial charge in [-0.05, 0) is 29.0 Å². The Bertz CT molecular complexity index is 1100. The highest BCUT2D eigenvalue weighted by Gasteiger charge is 2.19. The van der Waals surface area contributed by atoms with E-state index in [0.29, 0.717) is 17.5 Å². The standard InChI is InChI=1S/C28H28N2OS/c1-3-20(2)21-14-16-24(17-15-21)26-19-32-28(29-26)30-27(31)18-25(22-10-6-4-7-11-22)23-12-8-5-9-13-23/h4-17,19-20,25H,3,18H2,1-2H3,(H,29,30,31). The fourth-order valence-corrected chi connectivity index (χ4v) is 4.57. The zero-order valence-electron chi connectivity index (χ0n) is 18.5. The second-order valence-electron chi connectivity index (χ2n) is 8.10. The highest BCUT2D eigenvalue weighted by atomic mass is 32.1. The lowest BCUT2D eigenvalue weighted by atomic mass is 9.88. The van der Waals surface area contributed by atoms with E-state index >= 15 is 0 Å². The molecule has 0 aliphatic heterocycles. The molecule has 1 N–H and O–H groups in total. The van der Waals surface area contributed by atoms with Crippen molar-refractivity contribution >= 4 is 22.4 Å². The number of hydrogen-bond donors (Lipinski definition) is 1. The van der Waals surface area contributed by atoms with Crippen molar-refractivity contribution < 1.29 is 4.79 Å². The van der Waals surface area contributed by atoms with Gasteiger partial charge in [0.25, 0.3) is 0 Å². The fraction of sp³-hybridized carbons (Fsp3) is 0.214. The van der Waals surface area contributed by atoms with Crippen LogP contribution in [0.25, 0.3) is 11.3 Å². The van der Waals surface area contributed by atoms with Crippen LogP contribution in [-0.2, 0) is 4.79 Å². The van der Waals surface area contributed by atoms with Gasteiger partial charge < -0.3 is 5.32 Å². The quantitative estimate of drug-likeness (QED) is 0.308. The Hall–Kier alpha value is -3.24. The molecule has 0 saturated heterocycles. The summed E-state index contributed by atoms with van der Waals surface area (Å²) in [5.41, 5.74) is 5.57. The van der Waals surface area contributed by atoms with Crippen LogP contribution >= 0.6 is 11.3 Å².